The fourth-order valence-electron chi connectivity index (χ4n) is 3.57. The molecule has 2 aromatic carbocycles. The molecule has 0 fully saturated rings. The summed E-state index contributed by atoms with van der Waals surface area (Å²) >= 11 is 0. The molecule has 2 aromatic heterocycles. The normalized spacial score (nSPS) is 11.5. The van der Waals surface area contributed by atoms with E-state index in [0.29, 0.717) is 5.39 Å². The zero-order valence-electron chi connectivity index (χ0n) is 13.6. The van der Waals surface area contributed by atoms with Gasteiger partial charge in [0.25, 0.3) is 0 Å². The molecule has 0 radical (unpaired) electrons. The molecule has 0 aliphatic rings. The molecule has 0 aliphatic carbocycles. The first-order valence-electron chi connectivity index (χ1n) is 7.60. The average molecular weight is 320 g/mol. The third-order valence-electron chi connectivity index (χ3n) is 4.69. The highest BCUT2D eigenvalue weighted by molar-refractivity contribution is 6.17. The first-order valence-corrected chi connectivity index (χ1v) is 7.60. The monoisotopic (exact) mass is 320 g/mol. The molecule has 120 valence electrons. The van der Waals surface area contributed by atoms with Crippen LogP contribution in [-0.4, -0.2) is 27.7 Å². The first-order chi connectivity index (χ1) is 11.5. The number of ether oxygens (including phenoxy) is 1. The number of nitrogens with zero attached hydrogens (tertiary/aromatic N) is 2. The number of rotatable bonds is 2. The van der Waals surface area contributed by atoms with E-state index < -0.39 is 5.97 Å². The van der Waals surface area contributed by atoms with E-state index in [1.165, 1.54) is 0 Å². The quantitative estimate of drug-likeness (QED) is 0.608. The highest BCUT2D eigenvalue weighted by atomic mass is 16.5. The zero-order valence-corrected chi connectivity index (χ0v) is 13.6. The zero-order chi connectivity index (χ0) is 17.0. The molecule has 0 amide bonds. The van der Waals surface area contributed by atoms with Crippen molar-refractivity contribution in [2.24, 2.45) is 7.05 Å². The molecule has 5 heteroatoms. The number of carboxylic acids is 1. The maximum absolute atomic E-state index is 11.5. The summed E-state index contributed by atoms with van der Waals surface area (Å²) in [5, 5.41) is 13.1. The molecule has 0 unspecified atom stereocenters. The Labute approximate surface area is 138 Å². The molecule has 5 nitrogen and oxygen atoms in total. The van der Waals surface area contributed by atoms with Crippen molar-refractivity contribution in [3.63, 3.8) is 0 Å². The number of carboxylic acid groups (broad SMARTS) is 1. The summed E-state index contributed by atoms with van der Waals surface area (Å²) in [6, 6.07) is 9.74. The lowest BCUT2D eigenvalue weighted by Gasteiger charge is -2.08. The Kier molecular flexibility index (Phi) is 3.00. The number of hydrogen-bond donors (Lipinski definition) is 1. The van der Waals surface area contributed by atoms with Crippen LogP contribution in [0.4, 0.5) is 0 Å². The molecule has 2 heterocycles. The van der Waals surface area contributed by atoms with Crippen LogP contribution >= 0.6 is 0 Å². The Morgan fingerprint density at radius 3 is 2.62 bits per heavy atom. The second-order valence-corrected chi connectivity index (χ2v) is 5.90. The molecule has 0 bridgehead atoms. The molecule has 0 spiro atoms. The third-order valence-corrected chi connectivity index (χ3v) is 4.69. The first kappa shape index (κ1) is 14.5. The van der Waals surface area contributed by atoms with Crippen LogP contribution in [0.2, 0.25) is 0 Å². The van der Waals surface area contributed by atoms with Gasteiger partial charge in [-0.2, -0.15) is 0 Å². The summed E-state index contributed by atoms with van der Waals surface area (Å²) in [5.41, 5.74) is 3.30. The van der Waals surface area contributed by atoms with Crippen LogP contribution in [0, 0.1) is 6.92 Å². The Balaban J connectivity index is 2.27. The lowest BCUT2D eigenvalue weighted by atomic mass is 10.0. The molecule has 4 aromatic rings. The van der Waals surface area contributed by atoms with Gasteiger partial charge >= 0.3 is 5.97 Å². The molecule has 4 rings (SSSR count). The summed E-state index contributed by atoms with van der Waals surface area (Å²) in [5.74, 6) is -0.241. The fourth-order valence-corrected chi connectivity index (χ4v) is 3.57. The second kappa shape index (κ2) is 4.96. The summed E-state index contributed by atoms with van der Waals surface area (Å²) in [6.45, 7) is 2.02. The van der Waals surface area contributed by atoms with Crippen molar-refractivity contribution in [1.82, 2.24) is 9.55 Å². The van der Waals surface area contributed by atoms with Crippen molar-refractivity contribution in [1.29, 1.82) is 0 Å². The standard InChI is InChI=1S/C19H16N2O3/c1-10-12-6-7-20-17(19(22)23)14(12)9-15-13-8-11(24-3)4-5-16(13)21(2)18(10)15/h4-9H,1-3H3,(H,22,23). The van der Waals surface area contributed by atoms with Gasteiger partial charge in [-0.15, -0.1) is 0 Å². The van der Waals surface area contributed by atoms with Crippen molar-refractivity contribution in [2.45, 2.75) is 6.92 Å². The molecular weight excluding hydrogens is 304 g/mol. The minimum atomic E-state index is -1.02. The number of carbonyl (C=O) groups is 1. The minimum absolute atomic E-state index is 0.0809. The van der Waals surface area contributed by atoms with Gasteiger partial charge in [-0.05, 0) is 48.2 Å². The molecule has 24 heavy (non-hydrogen) atoms. The van der Waals surface area contributed by atoms with Gasteiger partial charge in [-0.25, -0.2) is 9.78 Å². The van der Waals surface area contributed by atoms with E-state index in [9.17, 15) is 9.90 Å². The van der Waals surface area contributed by atoms with Crippen molar-refractivity contribution in [3.8, 4) is 5.75 Å². The Hall–Kier alpha value is -3.08. The van der Waals surface area contributed by atoms with Crippen LogP contribution in [0.25, 0.3) is 32.6 Å². The Morgan fingerprint density at radius 1 is 1.12 bits per heavy atom. The van der Waals surface area contributed by atoms with Crippen LogP contribution in [0.5, 0.6) is 5.75 Å². The predicted octanol–water partition coefficient (Wildman–Crippen LogP) is 3.89. The largest absolute Gasteiger partial charge is 0.497 e. The summed E-state index contributed by atoms with van der Waals surface area (Å²) in [7, 11) is 3.66. The van der Waals surface area contributed by atoms with Crippen LogP contribution in [0.1, 0.15) is 16.1 Å². The number of hydrogen-bond acceptors (Lipinski definition) is 3. The van der Waals surface area contributed by atoms with Gasteiger partial charge in [0.2, 0.25) is 0 Å². The number of fused-ring (bicyclic) bond motifs is 4. The fraction of sp³-hybridized carbons (Fsp3) is 0.158. The van der Waals surface area contributed by atoms with E-state index in [0.717, 1.165) is 38.5 Å². The molecule has 1 N–H and O–H groups in total. The van der Waals surface area contributed by atoms with Crippen molar-refractivity contribution in [2.75, 3.05) is 7.11 Å². The highest BCUT2D eigenvalue weighted by Crippen LogP contribution is 2.36. The van der Waals surface area contributed by atoms with Gasteiger partial charge in [0.15, 0.2) is 5.69 Å². The average Bonchev–Trinajstić information content (AvgIpc) is 2.86. The van der Waals surface area contributed by atoms with E-state index >= 15 is 0 Å². The number of methoxy groups -OCH3 is 1. The maximum atomic E-state index is 11.5. The molecule has 0 aliphatic heterocycles. The lowest BCUT2D eigenvalue weighted by molar-refractivity contribution is 0.0693. The number of aromatic nitrogens is 2. The van der Waals surface area contributed by atoms with Gasteiger partial charge in [0.05, 0.1) is 12.6 Å². The van der Waals surface area contributed by atoms with Crippen LogP contribution < -0.4 is 4.74 Å². The number of aryl methyl sites for hydroxylation is 2. The van der Waals surface area contributed by atoms with Gasteiger partial charge in [0.1, 0.15) is 5.75 Å². The van der Waals surface area contributed by atoms with Gasteiger partial charge < -0.3 is 14.4 Å². The van der Waals surface area contributed by atoms with E-state index in [4.69, 9.17) is 4.74 Å². The second-order valence-electron chi connectivity index (χ2n) is 5.90. The third kappa shape index (κ3) is 1.81. The number of pyridine rings is 1. The van der Waals surface area contributed by atoms with Gasteiger partial charge in [-0.1, -0.05) is 0 Å². The van der Waals surface area contributed by atoms with Crippen LogP contribution in [-0.2, 0) is 7.05 Å². The summed E-state index contributed by atoms with van der Waals surface area (Å²) in [6.07, 6.45) is 1.55. The van der Waals surface area contributed by atoms with E-state index in [-0.39, 0.29) is 5.69 Å². The maximum Gasteiger partial charge on any atom is 0.355 e. The van der Waals surface area contributed by atoms with Crippen molar-refractivity contribution in [3.05, 3.63) is 47.8 Å². The van der Waals surface area contributed by atoms with E-state index in [1.54, 1.807) is 13.3 Å². The topological polar surface area (TPSA) is 64.3 Å². The Bertz CT molecular complexity index is 1140. The minimum Gasteiger partial charge on any atom is -0.497 e. The van der Waals surface area contributed by atoms with Crippen LogP contribution in [0.3, 0.4) is 0 Å². The van der Waals surface area contributed by atoms with Gasteiger partial charge in [-0.3, -0.25) is 0 Å². The van der Waals surface area contributed by atoms with Crippen LogP contribution in [0.15, 0.2) is 36.5 Å². The lowest BCUT2D eigenvalue weighted by Crippen LogP contribution is -2.01. The number of aromatic carboxylic acids is 1. The summed E-state index contributed by atoms with van der Waals surface area (Å²) in [4.78, 5) is 15.6. The van der Waals surface area contributed by atoms with Gasteiger partial charge in [0, 0.05) is 34.9 Å². The van der Waals surface area contributed by atoms with Crippen molar-refractivity contribution < 1.29 is 14.6 Å². The molecule has 0 saturated carbocycles. The smallest absolute Gasteiger partial charge is 0.355 e. The molecule has 0 saturated heterocycles. The van der Waals surface area contributed by atoms with E-state index in [1.807, 2.05) is 44.3 Å². The van der Waals surface area contributed by atoms with E-state index in [2.05, 4.69) is 9.55 Å². The SMILES string of the molecule is COc1ccc2c(c1)c1cc3c(C(=O)O)nccc3c(C)c1n2C. The molecular formula is C19H16N2O3. The molecule has 0 atom stereocenters. The Morgan fingerprint density at radius 2 is 1.92 bits per heavy atom. The highest BCUT2D eigenvalue weighted by Gasteiger charge is 2.17. The predicted molar refractivity (Wildman–Crippen MR) is 94.0 cm³/mol. The number of benzene rings is 2. The van der Waals surface area contributed by atoms with Crippen molar-refractivity contribution >= 4 is 38.5 Å². The summed E-state index contributed by atoms with van der Waals surface area (Å²) < 4.78 is 7.48.